The fourth-order valence-electron chi connectivity index (χ4n) is 6.14. The quantitative estimate of drug-likeness (QED) is 0.237. The van der Waals surface area contributed by atoms with Gasteiger partial charge in [0.15, 0.2) is 0 Å². The predicted molar refractivity (Wildman–Crippen MR) is 173 cm³/mol. The van der Waals surface area contributed by atoms with Gasteiger partial charge in [-0.3, -0.25) is 0 Å². The molecule has 5 rings (SSSR count). The van der Waals surface area contributed by atoms with Crippen LogP contribution in [0.5, 0.6) is 0 Å². The van der Waals surface area contributed by atoms with Gasteiger partial charge in [0.1, 0.15) is 0 Å². The molecule has 1 aliphatic carbocycles. The number of nitrogens with two attached hydrogens (primary N) is 1. The van der Waals surface area contributed by atoms with Crippen LogP contribution in [0.1, 0.15) is 64.7 Å². The summed E-state index contributed by atoms with van der Waals surface area (Å²) in [5.41, 5.74) is 16.3. The number of fused-ring (bicyclic) bond motifs is 1. The summed E-state index contributed by atoms with van der Waals surface area (Å²) in [6.07, 6.45) is 1.10. The highest BCUT2D eigenvalue weighted by Gasteiger charge is 2.45. The molecule has 0 fully saturated rings. The Balaban J connectivity index is 0.00000100. The van der Waals surface area contributed by atoms with Crippen LogP contribution in [0.25, 0.3) is 22.3 Å². The summed E-state index contributed by atoms with van der Waals surface area (Å²) in [6, 6.07) is 33.5. The molecule has 1 aliphatic rings. The van der Waals surface area contributed by atoms with Gasteiger partial charge in [0.05, 0.1) is 0 Å². The number of hydrogen-bond acceptors (Lipinski definition) is 3. The van der Waals surface area contributed by atoms with E-state index in [4.69, 9.17) is 0 Å². The lowest BCUT2D eigenvalue weighted by molar-refractivity contribution is 0.425. The molecule has 0 amide bonds. The van der Waals surface area contributed by atoms with Crippen molar-refractivity contribution < 1.29 is 0 Å². The minimum atomic E-state index is -0.0385. The fourth-order valence-corrected chi connectivity index (χ4v) is 6.14. The third kappa shape index (κ3) is 5.89. The van der Waals surface area contributed by atoms with Crippen LogP contribution in [0.3, 0.4) is 0 Å². The minimum Gasteiger partial charge on any atom is -0.388 e. The average molecular weight is 522 g/mol. The second kappa shape index (κ2) is 13.0. The second-order valence-corrected chi connectivity index (χ2v) is 10.6. The van der Waals surface area contributed by atoms with E-state index in [1.165, 1.54) is 51.7 Å². The van der Waals surface area contributed by atoms with E-state index in [1.54, 1.807) is 0 Å². The van der Waals surface area contributed by atoms with E-state index in [0.717, 1.165) is 18.7 Å². The molecule has 0 aromatic heterocycles. The summed E-state index contributed by atoms with van der Waals surface area (Å²) in [4.78, 5) is 0. The van der Waals surface area contributed by atoms with Crippen LogP contribution < -0.4 is 16.4 Å². The molecule has 206 valence electrons. The molecule has 0 spiro atoms. The summed E-state index contributed by atoms with van der Waals surface area (Å²) in [7, 11) is 3.50. The topological polar surface area (TPSA) is 50.1 Å². The van der Waals surface area contributed by atoms with Crippen molar-refractivity contribution in [1.82, 2.24) is 0 Å². The Bertz CT molecular complexity index is 1350. The Kier molecular flexibility index (Phi) is 9.99. The highest BCUT2D eigenvalue weighted by molar-refractivity contribution is 5.80. The molecule has 39 heavy (non-hydrogen) atoms. The van der Waals surface area contributed by atoms with Gasteiger partial charge in [-0.25, -0.2) is 0 Å². The zero-order valence-electron chi connectivity index (χ0n) is 25.2. The molecule has 0 aliphatic heterocycles. The van der Waals surface area contributed by atoms with Gasteiger partial charge >= 0.3 is 0 Å². The SMILES string of the molecule is CC.CCNc1ccccc1-c1ccc(C2(C)CC(C)(C)c3ccc(-c4ccccc4NC)cc32)cc1.CN. The van der Waals surface area contributed by atoms with Crippen LogP contribution in [0.15, 0.2) is 91.0 Å². The molecule has 0 saturated carbocycles. The number of hydrogen-bond donors (Lipinski definition) is 3. The summed E-state index contributed by atoms with van der Waals surface area (Å²) < 4.78 is 0. The summed E-state index contributed by atoms with van der Waals surface area (Å²) in [5, 5.41) is 6.86. The number of para-hydroxylation sites is 2. The summed E-state index contributed by atoms with van der Waals surface area (Å²) in [5.74, 6) is 0. The van der Waals surface area contributed by atoms with Crippen molar-refractivity contribution in [3.8, 4) is 22.3 Å². The zero-order valence-corrected chi connectivity index (χ0v) is 25.2. The average Bonchev–Trinajstić information content (AvgIpc) is 3.20. The van der Waals surface area contributed by atoms with E-state index in [0.29, 0.717) is 0 Å². The maximum absolute atomic E-state index is 4.50. The van der Waals surface area contributed by atoms with Gasteiger partial charge in [0.25, 0.3) is 0 Å². The molecule has 1 atom stereocenters. The lowest BCUT2D eigenvalue weighted by atomic mass is 9.74. The van der Waals surface area contributed by atoms with Crippen LogP contribution in [0.4, 0.5) is 11.4 Å². The van der Waals surface area contributed by atoms with Crippen molar-refractivity contribution in [2.24, 2.45) is 5.73 Å². The smallest absolute Gasteiger partial charge is 0.0419 e. The largest absolute Gasteiger partial charge is 0.388 e. The van der Waals surface area contributed by atoms with E-state index < -0.39 is 0 Å². The van der Waals surface area contributed by atoms with Gasteiger partial charge in [0.2, 0.25) is 0 Å². The van der Waals surface area contributed by atoms with Crippen molar-refractivity contribution in [2.45, 2.75) is 58.8 Å². The van der Waals surface area contributed by atoms with Gasteiger partial charge in [-0.1, -0.05) is 107 Å². The van der Waals surface area contributed by atoms with Crippen LogP contribution in [-0.2, 0) is 10.8 Å². The molecule has 4 aromatic carbocycles. The molecule has 4 aromatic rings. The summed E-state index contributed by atoms with van der Waals surface area (Å²) in [6.45, 7) is 14.3. The Morgan fingerprint density at radius 3 is 1.82 bits per heavy atom. The van der Waals surface area contributed by atoms with Crippen LogP contribution in [0.2, 0.25) is 0 Å². The Morgan fingerprint density at radius 2 is 1.23 bits per heavy atom. The van der Waals surface area contributed by atoms with E-state index in [1.807, 2.05) is 20.9 Å². The minimum absolute atomic E-state index is 0.0385. The number of anilines is 2. The number of nitrogens with one attached hydrogen (secondary N) is 2. The number of rotatable bonds is 6. The first kappa shape index (κ1) is 30.0. The Morgan fingerprint density at radius 1 is 0.692 bits per heavy atom. The van der Waals surface area contributed by atoms with Gasteiger partial charge in [0, 0.05) is 41.5 Å². The van der Waals surface area contributed by atoms with E-state index in [2.05, 4.69) is 135 Å². The van der Waals surface area contributed by atoms with Crippen molar-refractivity contribution in [3.63, 3.8) is 0 Å². The van der Waals surface area contributed by atoms with Crippen LogP contribution in [0, 0.1) is 0 Å². The van der Waals surface area contributed by atoms with Crippen molar-refractivity contribution in [2.75, 3.05) is 31.3 Å². The lowest BCUT2D eigenvalue weighted by Crippen LogP contribution is -2.23. The predicted octanol–water partition coefficient (Wildman–Crippen LogP) is 9.08. The first-order chi connectivity index (χ1) is 18.9. The molecule has 0 saturated heterocycles. The highest BCUT2D eigenvalue weighted by Crippen LogP contribution is 2.53. The summed E-state index contributed by atoms with van der Waals surface area (Å²) >= 11 is 0. The molecule has 1 unspecified atom stereocenters. The Labute approximate surface area is 236 Å². The normalized spacial score (nSPS) is 16.6. The standard InChI is InChI=1S/C33H36N2.C2H6.CH5N/c1-6-35-31-14-10-8-11-26(31)23-15-18-25(19-16-23)33(4)22-32(2,3)28-20-17-24(21-29(28)33)27-12-7-9-13-30(27)34-5;2*1-2/h7-21,34-35H,6,22H2,1-5H3;1-2H3;2H2,1H3. The maximum atomic E-state index is 4.50. The van der Waals surface area contributed by atoms with E-state index >= 15 is 0 Å². The molecule has 0 bridgehead atoms. The zero-order chi connectivity index (χ0) is 28.6. The Hall–Kier alpha value is -3.56. The van der Waals surface area contributed by atoms with Crippen molar-refractivity contribution in [3.05, 3.63) is 108 Å². The van der Waals surface area contributed by atoms with Gasteiger partial charge in [-0.2, -0.15) is 0 Å². The maximum Gasteiger partial charge on any atom is 0.0419 e. The fraction of sp³-hybridized carbons (Fsp3) is 0.333. The second-order valence-electron chi connectivity index (χ2n) is 10.6. The first-order valence-corrected chi connectivity index (χ1v) is 14.3. The monoisotopic (exact) mass is 521 g/mol. The molecule has 3 nitrogen and oxygen atoms in total. The van der Waals surface area contributed by atoms with E-state index in [9.17, 15) is 0 Å². The molecule has 4 N–H and O–H groups in total. The molecule has 0 radical (unpaired) electrons. The van der Waals surface area contributed by atoms with Gasteiger partial charge in [-0.05, 0) is 71.8 Å². The molecular weight excluding hydrogens is 474 g/mol. The molecule has 0 heterocycles. The van der Waals surface area contributed by atoms with E-state index in [-0.39, 0.29) is 10.8 Å². The van der Waals surface area contributed by atoms with Gasteiger partial charge in [-0.15, -0.1) is 0 Å². The number of benzene rings is 4. The molecular formula is C36H47N3. The van der Waals surface area contributed by atoms with Crippen molar-refractivity contribution >= 4 is 11.4 Å². The first-order valence-electron chi connectivity index (χ1n) is 14.3. The highest BCUT2D eigenvalue weighted by atomic mass is 14.9. The lowest BCUT2D eigenvalue weighted by Gasteiger charge is -2.29. The van der Waals surface area contributed by atoms with Crippen LogP contribution in [-0.4, -0.2) is 20.6 Å². The van der Waals surface area contributed by atoms with Crippen molar-refractivity contribution in [1.29, 1.82) is 0 Å². The molecule has 3 heteroatoms. The van der Waals surface area contributed by atoms with Gasteiger partial charge < -0.3 is 16.4 Å². The third-order valence-electron chi connectivity index (χ3n) is 7.77. The van der Waals surface area contributed by atoms with Crippen LogP contribution >= 0.6 is 0 Å². The third-order valence-corrected chi connectivity index (χ3v) is 7.77.